The van der Waals surface area contributed by atoms with Crippen molar-refractivity contribution in [3.63, 3.8) is 0 Å². The zero-order valence-electron chi connectivity index (χ0n) is 13.4. The maximum Gasteiger partial charge on any atom is 0.317 e. The molecule has 2 rings (SSSR count). The summed E-state index contributed by atoms with van der Waals surface area (Å²) >= 11 is 0. The summed E-state index contributed by atoms with van der Waals surface area (Å²) in [6, 6.07) is 5.29. The van der Waals surface area contributed by atoms with E-state index in [2.05, 4.69) is 5.32 Å². The van der Waals surface area contributed by atoms with Gasteiger partial charge in [-0.25, -0.2) is 4.79 Å². The van der Waals surface area contributed by atoms with E-state index in [1.165, 1.54) is 0 Å². The van der Waals surface area contributed by atoms with E-state index in [0.717, 1.165) is 5.56 Å². The zero-order chi connectivity index (χ0) is 16.8. The Morgan fingerprint density at radius 3 is 2.52 bits per heavy atom. The Hall–Kier alpha value is -2.44. The van der Waals surface area contributed by atoms with E-state index in [4.69, 9.17) is 14.6 Å². The van der Waals surface area contributed by atoms with Crippen LogP contribution in [-0.4, -0.2) is 49.3 Å². The van der Waals surface area contributed by atoms with Crippen molar-refractivity contribution in [2.45, 2.75) is 19.4 Å². The topological polar surface area (TPSA) is 88.1 Å². The van der Waals surface area contributed by atoms with Crippen LogP contribution < -0.4 is 14.8 Å². The van der Waals surface area contributed by atoms with Gasteiger partial charge in [0.2, 0.25) is 0 Å². The molecule has 0 saturated carbocycles. The van der Waals surface area contributed by atoms with Gasteiger partial charge in [0.05, 0.1) is 20.1 Å². The number of urea groups is 1. The van der Waals surface area contributed by atoms with Gasteiger partial charge in [0.1, 0.15) is 0 Å². The van der Waals surface area contributed by atoms with Gasteiger partial charge in [-0.05, 0) is 18.9 Å². The monoisotopic (exact) mass is 322 g/mol. The van der Waals surface area contributed by atoms with Crippen molar-refractivity contribution in [2.75, 3.05) is 27.3 Å². The lowest BCUT2D eigenvalue weighted by Crippen LogP contribution is -2.45. The summed E-state index contributed by atoms with van der Waals surface area (Å²) in [4.78, 5) is 24.8. The van der Waals surface area contributed by atoms with E-state index in [9.17, 15) is 9.59 Å². The summed E-state index contributed by atoms with van der Waals surface area (Å²) in [7, 11) is 3.12. The highest BCUT2D eigenvalue weighted by atomic mass is 16.5. The zero-order valence-corrected chi connectivity index (χ0v) is 13.4. The summed E-state index contributed by atoms with van der Waals surface area (Å²) in [6.45, 7) is 1.23. The molecule has 126 valence electrons. The lowest BCUT2D eigenvalue weighted by molar-refractivity contribution is -0.143. The maximum absolute atomic E-state index is 12.2. The van der Waals surface area contributed by atoms with Crippen LogP contribution >= 0.6 is 0 Å². The number of amides is 2. The van der Waals surface area contributed by atoms with Crippen molar-refractivity contribution in [3.05, 3.63) is 23.8 Å². The van der Waals surface area contributed by atoms with Crippen LogP contribution in [0.15, 0.2) is 18.2 Å². The number of aliphatic carboxylic acids is 1. The van der Waals surface area contributed by atoms with E-state index >= 15 is 0 Å². The Kier molecular flexibility index (Phi) is 5.67. The molecule has 0 spiro atoms. The van der Waals surface area contributed by atoms with Crippen LogP contribution in [0.1, 0.15) is 18.4 Å². The quantitative estimate of drug-likeness (QED) is 0.861. The molecule has 1 aliphatic heterocycles. The molecule has 0 atom stereocenters. The molecule has 23 heavy (non-hydrogen) atoms. The van der Waals surface area contributed by atoms with Gasteiger partial charge in [0.25, 0.3) is 0 Å². The first-order valence-corrected chi connectivity index (χ1v) is 7.52. The van der Waals surface area contributed by atoms with Crippen LogP contribution in [0.4, 0.5) is 4.79 Å². The highest BCUT2D eigenvalue weighted by Crippen LogP contribution is 2.30. The molecule has 0 bridgehead atoms. The highest BCUT2D eigenvalue weighted by Gasteiger charge is 2.26. The van der Waals surface area contributed by atoms with Gasteiger partial charge in [-0.3, -0.25) is 4.79 Å². The van der Waals surface area contributed by atoms with Gasteiger partial charge in [-0.15, -0.1) is 0 Å². The minimum absolute atomic E-state index is 0.196. The number of hydrogen-bond acceptors (Lipinski definition) is 4. The van der Waals surface area contributed by atoms with Crippen LogP contribution in [0.5, 0.6) is 11.5 Å². The Labute approximate surface area is 135 Å². The molecule has 2 amide bonds. The Bertz CT molecular complexity index is 568. The number of para-hydroxylation sites is 1. The maximum atomic E-state index is 12.2. The SMILES string of the molecule is COc1cccc(CNC(=O)N2CCC(C(=O)O)CC2)c1OC. The second kappa shape index (κ2) is 7.71. The number of piperidine rings is 1. The molecule has 2 N–H and O–H groups in total. The number of likely N-dealkylation sites (tertiary alicyclic amines) is 1. The number of methoxy groups -OCH3 is 2. The summed E-state index contributed by atoms with van der Waals surface area (Å²) < 4.78 is 10.6. The summed E-state index contributed by atoms with van der Waals surface area (Å²) in [5.41, 5.74) is 0.820. The van der Waals surface area contributed by atoms with Gasteiger partial charge >= 0.3 is 12.0 Å². The highest BCUT2D eigenvalue weighted by molar-refractivity contribution is 5.75. The van der Waals surface area contributed by atoms with Crippen molar-refractivity contribution in [1.82, 2.24) is 10.2 Å². The van der Waals surface area contributed by atoms with Crippen LogP contribution in [0.3, 0.4) is 0 Å². The first kappa shape index (κ1) is 16.9. The van der Waals surface area contributed by atoms with Crippen molar-refractivity contribution < 1.29 is 24.2 Å². The number of nitrogens with one attached hydrogen (secondary N) is 1. The number of carboxylic acids is 1. The molecule has 0 aliphatic carbocycles. The fraction of sp³-hybridized carbons (Fsp3) is 0.500. The summed E-state index contributed by atoms with van der Waals surface area (Å²) in [5.74, 6) is 0.0742. The largest absolute Gasteiger partial charge is 0.493 e. The standard InChI is InChI=1S/C16H22N2O5/c1-22-13-5-3-4-12(14(13)23-2)10-17-16(21)18-8-6-11(7-9-18)15(19)20/h3-5,11H,6-10H2,1-2H3,(H,17,21)(H,19,20). The Balaban J connectivity index is 1.91. The second-order valence-electron chi connectivity index (χ2n) is 5.41. The smallest absolute Gasteiger partial charge is 0.317 e. The molecule has 1 aliphatic rings. The predicted molar refractivity (Wildman–Crippen MR) is 83.7 cm³/mol. The number of ether oxygens (including phenoxy) is 2. The molecule has 0 radical (unpaired) electrons. The fourth-order valence-electron chi connectivity index (χ4n) is 2.71. The average molecular weight is 322 g/mol. The number of benzene rings is 1. The van der Waals surface area contributed by atoms with Crippen molar-refractivity contribution in [2.24, 2.45) is 5.92 Å². The molecule has 1 heterocycles. The minimum Gasteiger partial charge on any atom is -0.493 e. The van der Waals surface area contributed by atoms with Crippen LogP contribution in [0.2, 0.25) is 0 Å². The molecule has 1 saturated heterocycles. The molecule has 0 unspecified atom stereocenters. The molecular formula is C16H22N2O5. The molecule has 7 nitrogen and oxygen atoms in total. The first-order valence-electron chi connectivity index (χ1n) is 7.52. The average Bonchev–Trinajstić information content (AvgIpc) is 2.59. The van der Waals surface area contributed by atoms with E-state index in [1.807, 2.05) is 12.1 Å². The number of hydrogen-bond donors (Lipinski definition) is 2. The number of carbonyl (C=O) groups excluding carboxylic acids is 1. The molecular weight excluding hydrogens is 300 g/mol. The molecule has 7 heteroatoms. The summed E-state index contributed by atoms with van der Waals surface area (Å²) in [6.07, 6.45) is 0.983. The third-order valence-electron chi connectivity index (χ3n) is 4.05. The molecule has 1 aromatic rings. The summed E-state index contributed by atoms with van der Waals surface area (Å²) in [5, 5.41) is 11.8. The van der Waals surface area contributed by atoms with Crippen LogP contribution in [0, 0.1) is 5.92 Å². The first-order chi connectivity index (χ1) is 11.1. The van der Waals surface area contributed by atoms with Crippen LogP contribution in [0.25, 0.3) is 0 Å². The molecule has 0 aromatic heterocycles. The minimum atomic E-state index is -0.786. The van der Waals surface area contributed by atoms with Crippen LogP contribution in [-0.2, 0) is 11.3 Å². The third kappa shape index (κ3) is 4.06. The Morgan fingerprint density at radius 1 is 1.26 bits per heavy atom. The number of nitrogens with zero attached hydrogens (tertiary/aromatic N) is 1. The second-order valence-corrected chi connectivity index (χ2v) is 5.41. The predicted octanol–water partition coefficient (Wildman–Crippen LogP) is 1.71. The van der Waals surface area contributed by atoms with Crippen molar-refractivity contribution >= 4 is 12.0 Å². The van der Waals surface area contributed by atoms with Crippen molar-refractivity contribution in [3.8, 4) is 11.5 Å². The van der Waals surface area contributed by atoms with Gasteiger partial charge in [-0.1, -0.05) is 12.1 Å². The molecule has 1 fully saturated rings. The van der Waals surface area contributed by atoms with E-state index < -0.39 is 5.97 Å². The van der Waals surface area contributed by atoms with E-state index in [-0.39, 0.29) is 11.9 Å². The lowest BCUT2D eigenvalue weighted by atomic mass is 9.97. The lowest BCUT2D eigenvalue weighted by Gasteiger charge is -2.30. The van der Waals surface area contributed by atoms with Gasteiger partial charge in [0.15, 0.2) is 11.5 Å². The number of carbonyl (C=O) groups is 2. The van der Waals surface area contributed by atoms with Gasteiger partial charge in [0, 0.05) is 25.2 Å². The van der Waals surface area contributed by atoms with E-state index in [0.29, 0.717) is 44.0 Å². The number of rotatable bonds is 5. The Morgan fingerprint density at radius 2 is 1.96 bits per heavy atom. The number of carboxylic acid groups (broad SMARTS) is 1. The molecule has 1 aromatic carbocycles. The van der Waals surface area contributed by atoms with E-state index in [1.54, 1.807) is 25.2 Å². The van der Waals surface area contributed by atoms with Crippen molar-refractivity contribution in [1.29, 1.82) is 0 Å². The van der Waals surface area contributed by atoms with Gasteiger partial charge in [-0.2, -0.15) is 0 Å². The van der Waals surface area contributed by atoms with Gasteiger partial charge < -0.3 is 24.8 Å². The fourth-order valence-corrected chi connectivity index (χ4v) is 2.71. The normalized spacial score (nSPS) is 15.1. The third-order valence-corrected chi connectivity index (χ3v) is 4.05.